The summed E-state index contributed by atoms with van der Waals surface area (Å²) in [5.41, 5.74) is 14.4. The first-order chi connectivity index (χ1) is 41.5. The minimum atomic E-state index is 0.669. The van der Waals surface area contributed by atoms with E-state index >= 15 is 0 Å². The second-order valence-electron chi connectivity index (χ2n) is 22.2. The van der Waals surface area contributed by atoms with Crippen LogP contribution in [0.5, 0.6) is 0 Å². The smallest absolute Gasteiger partial charge is 0.0991 e. The fraction of sp³-hybridized carbons (Fsp3) is 0. The van der Waals surface area contributed by atoms with E-state index in [0.717, 1.165) is 38.4 Å². The molecule has 0 saturated heterocycles. The van der Waals surface area contributed by atoms with Gasteiger partial charge in [-0.25, -0.2) is 0 Å². The number of hydrogen-bond acceptors (Lipinski definition) is 3. The normalized spacial score (nSPS) is 11.8. The predicted molar refractivity (Wildman–Crippen MR) is 356 cm³/mol. The van der Waals surface area contributed by atoms with E-state index in [0.29, 0.717) is 11.1 Å². The monoisotopic (exact) mass is 1080 g/mol. The Balaban J connectivity index is 0.000000132. The molecule has 0 atom stereocenters. The third kappa shape index (κ3) is 7.56. The Morgan fingerprint density at radius 2 is 0.667 bits per heavy atom. The van der Waals surface area contributed by atoms with Crippen molar-refractivity contribution in [1.29, 1.82) is 10.5 Å². The van der Waals surface area contributed by atoms with Crippen molar-refractivity contribution in [2.24, 2.45) is 0 Å². The van der Waals surface area contributed by atoms with E-state index in [1.54, 1.807) is 11.3 Å². The highest BCUT2D eigenvalue weighted by Crippen LogP contribution is 2.44. The van der Waals surface area contributed by atoms with Crippen molar-refractivity contribution < 1.29 is 0 Å². The maximum absolute atomic E-state index is 9.63. The van der Waals surface area contributed by atoms with Gasteiger partial charge in [-0.1, -0.05) is 164 Å². The van der Waals surface area contributed by atoms with E-state index in [-0.39, 0.29) is 0 Å². The van der Waals surface area contributed by atoms with Crippen molar-refractivity contribution in [3.05, 3.63) is 284 Å². The number of para-hydroxylation sites is 1. The molecule has 386 valence electrons. The van der Waals surface area contributed by atoms with Crippen LogP contribution in [-0.4, -0.2) is 4.57 Å². The molecule has 0 aliphatic rings. The molecule has 2 heterocycles. The summed E-state index contributed by atoms with van der Waals surface area (Å²) in [6.45, 7) is 0. The number of nitrogens with zero attached hydrogens (tertiary/aromatic N) is 3. The highest BCUT2D eigenvalue weighted by atomic mass is 32.1. The van der Waals surface area contributed by atoms with Crippen molar-refractivity contribution in [2.75, 3.05) is 0 Å². The van der Waals surface area contributed by atoms with Gasteiger partial charge in [-0.15, -0.1) is 11.3 Å². The van der Waals surface area contributed by atoms with Crippen molar-refractivity contribution in [2.45, 2.75) is 0 Å². The number of fused-ring (bicyclic) bond motifs is 7. The predicted octanol–water partition coefficient (Wildman–Crippen LogP) is 22.2. The second kappa shape index (κ2) is 18.7. The lowest BCUT2D eigenvalue weighted by molar-refractivity contribution is 1.18. The lowest BCUT2D eigenvalue weighted by atomic mass is 9.88. The molecule has 18 rings (SSSR count). The zero-order valence-electron chi connectivity index (χ0n) is 45.2. The summed E-state index contributed by atoms with van der Waals surface area (Å²) in [4.78, 5) is 0. The molecule has 0 unspecified atom stereocenters. The van der Waals surface area contributed by atoms with Crippen LogP contribution in [0, 0.1) is 22.7 Å². The molecule has 0 saturated carbocycles. The van der Waals surface area contributed by atoms with Gasteiger partial charge in [0.2, 0.25) is 0 Å². The van der Waals surface area contributed by atoms with Crippen LogP contribution in [0.15, 0.2) is 273 Å². The summed E-state index contributed by atoms with van der Waals surface area (Å²) in [6.07, 6.45) is 0. The quantitative estimate of drug-likeness (QED) is 0.161. The molecule has 0 bridgehead atoms. The molecule has 0 fully saturated rings. The van der Waals surface area contributed by atoms with Gasteiger partial charge in [0, 0.05) is 36.6 Å². The lowest BCUT2D eigenvalue weighted by Gasteiger charge is -2.15. The minimum absolute atomic E-state index is 0.669. The third-order valence-corrected chi connectivity index (χ3v) is 18.6. The van der Waals surface area contributed by atoms with Crippen LogP contribution >= 0.6 is 11.3 Å². The van der Waals surface area contributed by atoms with Crippen molar-refractivity contribution >= 4 is 129 Å². The molecule has 16 aromatic carbocycles. The standard InChI is InChI=1S/C41H24N2.C39H21NS/c42-25-26-9-19-38-36(21-26)37-24-31(18-20-39(37)43(38)35-7-2-1-3-8-35)27-10-12-28(13-11-27)34-22-32-16-14-29-5-4-6-30-15-17-33(23-34)41(32)40(29)30;40-22-23-8-14-36-34(16-23)35-21-25(13-15-37(35)41-36)30-17-26-9-11-28-19-31(20-29-12-10-27(18-30)38(26)39(28)29)33-7-3-5-24-4-1-2-6-32(24)33/h1-24H;1-21H. The number of aromatic nitrogens is 1. The summed E-state index contributed by atoms with van der Waals surface area (Å²) in [5, 5.41) is 41.8. The first-order valence-corrected chi connectivity index (χ1v) is 29.2. The van der Waals surface area contributed by atoms with Gasteiger partial charge in [-0.3, -0.25) is 0 Å². The van der Waals surface area contributed by atoms with E-state index in [1.165, 1.54) is 129 Å². The number of benzene rings is 16. The van der Waals surface area contributed by atoms with Gasteiger partial charge in [-0.05, 0) is 229 Å². The van der Waals surface area contributed by atoms with Gasteiger partial charge in [0.05, 0.1) is 34.3 Å². The molecular weight excluding hydrogens is 1030 g/mol. The summed E-state index contributed by atoms with van der Waals surface area (Å²) < 4.78 is 4.75. The van der Waals surface area contributed by atoms with Crippen LogP contribution in [0.4, 0.5) is 0 Å². The molecule has 84 heavy (non-hydrogen) atoms. The Labute approximate surface area is 487 Å². The highest BCUT2D eigenvalue weighted by Gasteiger charge is 2.18. The van der Waals surface area contributed by atoms with Crippen LogP contribution in [0.25, 0.3) is 168 Å². The Hall–Kier alpha value is -11.1. The molecule has 2 aromatic heterocycles. The maximum atomic E-state index is 9.63. The molecule has 0 spiro atoms. The number of thiophene rings is 1. The van der Waals surface area contributed by atoms with E-state index in [2.05, 4.69) is 259 Å². The van der Waals surface area contributed by atoms with Gasteiger partial charge >= 0.3 is 0 Å². The largest absolute Gasteiger partial charge is 0.309 e. The van der Waals surface area contributed by atoms with Gasteiger partial charge in [0.15, 0.2) is 0 Å². The number of hydrogen-bond donors (Lipinski definition) is 0. The first-order valence-electron chi connectivity index (χ1n) is 28.4. The van der Waals surface area contributed by atoms with E-state index < -0.39 is 0 Å². The third-order valence-electron chi connectivity index (χ3n) is 17.5. The van der Waals surface area contributed by atoms with Gasteiger partial charge in [-0.2, -0.15) is 10.5 Å². The maximum Gasteiger partial charge on any atom is 0.0991 e. The first kappa shape index (κ1) is 47.6. The average molecular weight is 1080 g/mol. The molecule has 4 heteroatoms. The summed E-state index contributed by atoms with van der Waals surface area (Å²) in [6, 6.07) is 103. The highest BCUT2D eigenvalue weighted by molar-refractivity contribution is 7.25. The van der Waals surface area contributed by atoms with Crippen LogP contribution in [0.1, 0.15) is 11.1 Å². The Morgan fingerprint density at radius 3 is 1.30 bits per heavy atom. The van der Waals surface area contributed by atoms with Crippen LogP contribution in [0.2, 0.25) is 0 Å². The fourth-order valence-electron chi connectivity index (χ4n) is 13.6. The lowest BCUT2D eigenvalue weighted by Crippen LogP contribution is -1.93. The zero-order valence-corrected chi connectivity index (χ0v) is 46.0. The van der Waals surface area contributed by atoms with Crippen LogP contribution in [0.3, 0.4) is 0 Å². The Morgan fingerprint density at radius 1 is 0.262 bits per heavy atom. The molecular formula is C80H45N3S. The minimum Gasteiger partial charge on any atom is -0.309 e. The van der Waals surface area contributed by atoms with Crippen molar-refractivity contribution in [1.82, 2.24) is 4.57 Å². The SMILES string of the molecule is N#Cc1ccc2c(c1)c1cc(-c3ccc(-c4cc5ccc6cccc7ccc(c4)c5c67)cc3)ccc1n2-c1ccccc1.N#Cc1ccc2sc3ccc(-c4cc5ccc6cc(-c7cccc8ccccc78)cc7ccc(c4)c5c67)cc3c2c1. The van der Waals surface area contributed by atoms with Crippen molar-refractivity contribution in [3.8, 4) is 62.3 Å². The summed E-state index contributed by atoms with van der Waals surface area (Å²) in [7, 11) is 0. The molecule has 0 radical (unpaired) electrons. The van der Waals surface area contributed by atoms with E-state index in [4.69, 9.17) is 0 Å². The molecule has 0 aliphatic heterocycles. The van der Waals surface area contributed by atoms with Crippen molar-refractivity contribution in [3.63, 3.8) is 0 Å². The fourth-order valence-corrected chi connectivity index (χ4v) is 14.6. The summed E-state index contributed by atoms with van der Waals surface area (Å²) >= 11 is 1.78. The number of rotatable bonds is 5. The van der Waals surface area contributed by atoms with Gasteiger partial charge in [0.1, 0.15) is 0 Å². The summed E-state index contributed by atoms with van der Waals surface area (Å²) in [5.74, 6) is 0. The Bertz CT molecular complexity index is 5680. The van der Waals surface area contributed by atoms with E-state index in [1.807, 2.05) is 30.3 Å². The molecule has 0 aliphatic carbocycles. The number of nitriles is 2. The second-order valence-corrected chi connectivity index (χ2v) is 23.3. The zero-order chi connectivity index (χ0) is 55.6. The molecule has 0 amide bonds. The molecule has 18 aromatic rings. The average Bonchev–Trinajstić information content (AvgIpc) is 3.31. The molecule has 0 N–H and O–H groups in total. The van der Waals surface area contributed by atoms with Crippen LogP contribution < -0.4 is 0 Å². The Kier molecular flexibility index (Phi) is 10.6. The molecule has 3 nitrogen and oxygen atoms in total. The topological polar surface area (TPSA) is 52.5 Å². The van der Waals surface area contributed by atoms with Crippen LogP contribution in [-0.2, 0) is 0 Å². The van der Waals surface area contributed by atoms with Gasteiger partial charge < -0.3 is 4.57 Å². The van der Waals surface area contributed by atoms with E-state index in [9.17, 15) is 10.5 Å². The van der Waals surface area contributed by atoms with Gasteiger partial charge in [0.25, 0.3) is 0 Å².